The Bertz CT molecular complexity index is 559. The minimum absolute atomic E-state index is 0.0757. The molecule has 1 heterocycles. The number of hydrogen-bond donors (Lipinski definition) is 2. The molecule has 0 fully saturated rings. The van der Waals surface area contributed by atoms with Crippen LogP contribution in [0.2, 0.25) is 0 Å². The number of pyridine rings is 1. The van der Waals surface area contributed by atoms with Crippen LogP contribution in [0.15, 0.2) is 24.4 Å². The summed E-state index contributed by atoms with van der Waals surface area (Å²) in [6, 6.07) is 5.02. The van der Waals surface area contributed by atoms with Crippen molar-refractivity contribution in [3.05, 3.63) is 30.1 Å². The topological polar surface area (TPSA) is 111 Å². The summed E-state index contributed by atoms with van der Waals surface area (Å²) >= 11 is 5.37. The standard InChI is InChI=1S/C12H22ClNO3.C6H6N2O/c1-12(2,3)17-11(16)14-8-6-4-5-7-10(15)9-13;7-6(9)5-3-1-2-4-8-5/h4-9H2,1-3H3,(H,14,16);1-4H,(H2,7,9). The van der Waals surface area contributed by atoms with E-state index in [-0.39, 0.29) is 11.7 Å². The van der Waals surface area contributed by atoms with Gasteiger partial charge in [-0.1, -0.05) is 12.5 Å². The number of nitrogens with zero attached hydrogens (tertiary/aromatic N) is 1. The van der Waals surface area contributed by atoms with Crippen LogP contribution in [0.1, 0.15) is 56.9 Å². The zero-order valence-corrected chi connectivity index (χ0v) is 16.3. The van der Waals surface area contributed by atoms with Gasteiger partial charge < -0.3 is 15.8 Å². The predicted molar refractivity (Wildman–Crippen MR) is 101 cm³/mol. The molecule has 8 heteroatoms. The molecule has 0 aliphatic carbocycles. The normalized spacial score (nSPS) is 10.3. The van der Waals surface area contributed by atoms with Crippen LogP contribution in [0.5, 0.6) is 0 Å². The van der Waals surface area contributed by atoms with Crippen LogP contribution >= 0.6 is 11.6 Å². The number of carbonyl (C=O) groups excluding carboxylic acids is 3. The lowest BCUT2D eigenvalue weighted by molar-refractivity contribution is -0.116. The van der Waals surface area contributed by atoms with Crippen molar-refractivity contribution in [3.8, 4) is 0 Å². The molecule has 1 rings (SSSR count). The molecular weight excluding hydrogens is 358 g/mol. The van der Waals surface area contributed by atoms with Crippen molar-refractivity contribution in [2.75, 3.05) is 12.4 Å². The van der Waals surface area contributed by atoms with Gasteiger partial charge in [-0.05, 0) is 45.7 Å². The third-order valence-corrected chi connectivity index (χ3v) is 3.17. The maximum atomic E-state index is 11.2. The number of carbonyl (C=O) groups is 3. The molecule has 1 aromatic heterocycles. The number of nitrogens with two attached hydrogens (primary N) is 1. The van der Waals surface area contributed by atoms with Gasteiger partial charge >= 0.3 is 6.09 Å². The predicted octanol–water partition coefficient (Wildman–Crippen LogP) is 3.06. The Morgan fingerprint density at radius 2 is 1.88 bits per heavy atom. The number of aromatic nitrogens is 1. The Balaban J connectivity index is 0.000000577. The first-order chi connectivity index (χ1) is 12.2. The zero-order valence-electron chi connectivity index (χ0n) is 15.6. The first kappa shape index (κ1) is 23.9. The van der Waals surface area contributed by atoms with Crippen LogP contribution in [0, 0.1) is 0 Å². The Hall–Kier alpha value is -2.15. The van der Waals surface area contributed by atoms with Crippen LogP contribution in [-0.2, 0) is 9.53 Å². The van der Waals surface area contributed by atoms with E-state index >= 15 is 0 Å². The van der Waals surface area contributed by atoms with Gasteiger partial charge in [0.25, 0.3) is 5.91 Å². The first-order valence-corrected chi connectivity index (χ1v) is 8.94. The number of alkyl halides is 1. The Morgan fingerprint density at radius 1 is 1.19 bits per heavy atom. The first-order valence-electron chi connectivity index (χ1n) is 8.41. The third-order valence-electron chi connectivity index (χ3n) is 2.87. The van der Waals surface area contributed by atoms with Crippen LogP contribution in [0.3, 0.4) is 0 Å². The molecule has 0 saturated carbocycles. The highest BCUT2D eigenvalue weighted by Gasteiger charge is 2.15. The van der Waals surface area contributed by atoms with E-state index in [0.717, 1.165) is 19.3 Å². The number of ketones is 1. The van der Waals surface area contributed by atoms with Gasteiger partial charge in [-0.2, -0.15) is 0 Å². The van der Waals surface area contributed by atoms with E-state index in [9.17, 15) is 14.4 Å². The number of amides is 2. The van der Waals surface area contributed by atoms with Crippen LogP contribution in [0.4, 0.5) is 4.79 Å². The molecule has 0 spiro atoms. The average Bonchev–Trinajstić information content (AvgIpc) is 2.57. The molecule has 3 N–H and O–H groups in total. The summed E-state index contributed by atoms with van der Waals surface area (Å²) in [5.41, 5.74) is 4.75. The number of Topliss-reactive ketones (excluding diaryl/α,β-unsaturated/α-hetero) is 1. The summed E-state index contributed by atoms with van der Waals surface area (Å²) in [6.07, 6.45) is 4.22. The highest BCUT2D eigenvalue weighted by molar-refractivity contribution is 6.27. The second-order valence-corrected chi connectivity index (χ2v) is 6.76. The van der Waals surface area contributed by atoms with Crippen molar-refractivity contribution in [2.24, 2.45) is 5.73 Å². The second kappa shape index (κ2) is 13.1. The molecule has 2 amide bonds. The Labute approximate surface area is 159 Å². The fourth-order valence-corrected chi connectivity index (χ4v) is 1.84. The van der Waals surface area contributed by atoms with Crippen molar-refractivity contribution < 1.29 is 19.1 Å². The van der Waals surface area contributed by atoms with Crippen molar-refractivity contribution in [1.29, 1.82) is 0 Å². The highest BCUT2D eigenvalue weighted by Crippen LogP contribution is 2.06. The zero-order chi connectivity index (χ0) is 20.0. The minimum atomic E-state index is -0.490. The Morgan fingerprint density at radius 3 is 2.35 bits per heavy atom. The van der Waals surface area contributed by atoms with Crippen molar-refractivity contribution in [3.63, 3.8) is 0 Å². The molecule has 1 aromatic rings. The fraction of sp³-hybridized carbons (Fsp3) is 0.556. The van der Waals surface area contributed by atoms with Gasteiger partial charge in [-0.25, -0.2) is 4.79 Å². The number of unbranched alkanes of at least 4 members (excludes halogenated alkanes) is 2. The highest BCUT2D eigenvalue weighted by atomic mass is 35.5. The van der Waals surface area contributed by atoms with Crippen molar-refractivity contribution in [2.45, 2.75) is 52.1 Å². The van der Waals surface area contributed by atoms with E-state index in [1.54, 1.807) is 18.2 Å². The number of alkyl carbamates (subject to hydrolysis) is 1. The van der Waals surface area contributed by atoms with Crippen LogP contribution in [-0.4, -0.2) is 40.8 Å². The number of primary amides is 1. The second-order valence-electron chi connectivity index (χ2n) is 6.49. The molecule has 0 unspecified atom stereocenters. The van der Waals surface area contributed by atoms with Gasteiger partial charge in [0.15, 0.2) is 0 Å². The number of nitrogens with one attached hydrogen (secondary N) is 1. The number of halogens is 1. The lowest BCUT2D eigenvalue weighted by Crippen LogP contribution is -2.32. The molecule has 0 bridgehead atoms. The molecule has 0 aliphatic heterocycles. The van der Waals surface area contributed by atoms with E-state index in [0.29, 0.717) is 18.7 Å². The fourth-order valence-electron chi connectivity index (χ4n) is 1.70. The molecule has 0 saturated heterocycles. The molecule has 0 aliphatic rings. The molecular formula is C18H28ClN3O4. The summed E-state index contributed by atoms with van der Waals surface area (Å²) in [5.74, 6) is -0.321. The monoisotopic (exact) mass is 385 g/mol. The molecule has 26 heavy (non-hydrogen) atoms. The average molecular weight is 386 g/mol. The van der Waals surface area contributed by atoms with E-state index in [1.165, 1.54) is 6.20 Å². The lowest BCUT2D eigenvalue weighted by Gasteiger charge is -2.19. The summed E-state index contributed by atoms with van der Waals surface area (Å²) in [7, 11) is 0. The van der Waals surface area contributed by atoms with Gasteiger partial charge in [-0.3, -0.25) is 14.6 Å². The quantitative estimate of drug-likeness (QED) is 0.527. The van der Waals surface area contributed by atoms with Crippen molar-refractivity contribution >= 4 is 29.4 Å². The SMILES string of the molecule is CC(C)(C)OC(=O)NCCCCCC(=O)CCl.NC(=O)c1ccccn1. The molecule has 7 nitrogen and oxygen atoms in total. The molecule has 0 aromatic carbocycles. The largest absolute Gasteiger partial charge is 0.444 e. The van der Waals surface area contributed by atoms with Crippen LogP contribution < -0.4 is 11.1 Å². The van der Waals surface area contributed by atoms with E-state index < -0.39 is 17.6 Å². The maximum absolute atomic E-state index is 11.2. The van der Waals surface area contributed by atoms with E-state index in [2.05, 4.69) is 10.3 Å². The molecule has 146 valence electrons. The van der Waals surface area contributed by atoms with E-state index in [4.69, 9.17) is 22.1 Å². The smallest absolute Gasteiger partial charge is 0.407 e. The maximum Gasteiger partial charge on any atom is 0.407 e. The van der Waals surface area contributed by atoms with Crippen molar-refractivity contribution in [1.82, 2.24) is 10.3 Å². The van der Waals surface area contributed by atoms with Gasteiger partial charge in [-0.15, -0.1) is 11.6 Å². The Kier molecular flexibility index (Phi) is 12.0. The summed E-state index contributed by atoms with van der Waals surface area (Å²) < 4.78 is 5.08. The minimum Gasteiger partial charge on any atom is -0.444 e. The van der Waals surface area contributed by atoms with Crippen LogP contribution in [0.25, 0.3) is 0 Å². The summed E-state index contributed by atoms with van der Waals surface area (Å²) in [6.45, 7) is 6.04. The van der Waals surface area contributed by atoms with Gasteiger partial charge in [0.1, 0.15) is 17.1 Å². The van der Waals surface area contributed by atoms with E-state index in [1.807, 2.05) is 20.8 Å². The third kappa shape index (κ3) is 14.2. The van der Waals surface area contributed by atoms with Gasteiger partial charge in [0.2, 0.25) is 0 Å². The lowest BCUT2D eigenvalue weighted by atomic mass is 10.1. The van der Waals surface area contributed by atoms with Gasteiger partial charge in [0.05, 0.1) is 5.88 Å². The van der Waals surface area contributed by atoms with Gasteiger partial charge in [0, 0.05) is 19.2 Å². The number of rotatable bonds is 8. The molecule has 0 radical (unpaired) electrons. The summed E-state index contributed by atoms with van der Waals surface area (Å²) in [4.78, 5) is 36.2. The number of ether oxygens (including phenoxy) is 1. The summed E-state index contributed by atoms with van der Waals surface area (Å²) in [5, 5.41) is 2.67. The number of hydrogen-bond acceptors (Lipinski definition) is 5. The molecule has 0 atom stereocenters.